The molecular weight excluding hydrogens is 910 g/mol. The van der Waals surface area contributed by atoms with Gasteiger partial charge in [-0.05, 0) is 125 Å². The van der Waals surface area contributed by atoms with Gasteiger partial charge < -0.3 is 25.4 Å². The molecule has 6 bridgehead atoms. The predicted octanol–water partition coefficient (Wildman–Crippen LogP) is 10.6. The maximum atomic E-state index is 15.5. The molecule has 3 N–H and O–H groups in total. The molecule has 6 aromatic rings. The number of carbonyl (C=O) groups excluding carboxylic acids is 5. The smallest absolute Gasteiger partial charge is 0.338 e. The lowest BCUT2D eigenvalue weighted by Gasteiger charge is -2.57. The van der Waals surface area contributed by atoms with Crippen LogP contribution in [0.5, 0.6) is 0 Å². The number of anilines is 1. The molecule has 13 rings (SSSR count). The minimum Gasteiger partial charge on any atom is -0.457 e. The van der Waals surface area contributed by atoms with E-state index < -0.39 is 47.5 Å². The van der Waals surface area contributed by atoms with Gasteiger partial charge in [0.1, 0.15) is 19.3 Å². The summed E-state index contributed by atoms with van der Waals surface area (Å²) in [7, 11) is 0. The van der Waals surface area contributed by atoms with Crippen molar-refractivity contribution < 1.29 is 33.4 Å². The highest BCUT2D eigenvalue weighted by Gasteiger charge is 2.56. The predicted molar refractivity (Wildman–Crippen MR) is 270 cm³/mol. The van der Waals surface area contributed by atoms with Crippen LogP contribution in [0.2, 0.25) is 5.02 Å². The fourth-order valence-electron chi connectivity index (χ4n) is 13.3. The molecule has 0 heterocycles. The van der Waals surface area contributed by atoms with Gasteiger partial charge in [0.25, 0.3) is 0 Å². The van der Waals surface area contributed by atoms with Crippen molar-refractivity contribution in [3.8, 4) is 0 Å². The van der Waals surface area contributed by atoms with E-state index in [1.165, 1.54) is 37.5 Å². The third-order valence-electron chi connectivity index (χ3n) is 16.0. The van der Waals surface area contributed by atoms with Gasteiger partial charge >= 0.3 is 11.9 Å². The lowest BCUT2D eigenvalue weighted by molar-refractivity contribution is -0.139. The van der Waals surface area contributed by atoms with Crippen LogP contribution in [0.15, 0.2) is 152 Å². The molecule has 4 saturated carbocycles. The first-order chi connectivity index (χ1) is 34.6. The SMILES string of the molecule is O=C(OCc1ccccc1)c1cc(NC(=O)[C@H](Cc2ccccc2Cl)NC(=O)[C@H]2C3c4ccccc4C(c4ccccc43)[C@H]2C(=O)NCC23CC4CC(CC(C4)C2)C3)cc(C(=O)OCc2ccccc2)c1. The van der Waals surface area contributed by atoms with E-state index in [1.807, 2.05) is 91.0 Å². The number of hydrogen-bond acceptors (Lipinski definition) is 7. The number of carbonyl (C=O) groups is 5. The summed E-state index contributed by atoms with van der Waals surface area (Å²) in [4.78, 5) is 73.0. The fourth-order valence-corrected chi connectivity index (χ4v) is 13.6. The van der Waals surface area contributed by atoms with Crippen molar-refractivity contribution in [3.05, 3.63) is 207 Å². The van der Waals surface area contributed by atoms with Gasteiger partial charge in [0, 0.05) is 35.5 Å². The van der Waals surface area contributed by atoms with Crippen LogP contribution in [0, 0.1) is 35.0 Å². The largest absolute Gasteiger partial charge is 0.457 e. The van der Waals surface area contributed by atoms with Crippen LogP contribution in [0.4, 0.5) is 5.69 Å². The Hall–Kier alpha value is -7.04. The maximum absolute atomic E-state index is 15.5. The molecule has 11 heteroatoms. The molecule has 4 fully saturated rings. The van der Waals surface area contributed by atoms with Crippen molar-refractivity contribution in [1.82, 2.24) is 10.6 Å². The zero-order valence-corrected chi connectivity index (χ0v) is 40.1. The van der Waals surface area contributed by atoms with Crippen LogP contribution in [0.1, 0.15) is 110 Å². The molecular formula is C60H56ClN3O7. The quantitative estimate of drug-likeness (QED) is 0.0871. The minimum absolute atomic E-state index is 0.00109. The molecule has 0 unspecified atom stereocenters. The van der Waals surface area contributed by atoms with Crippen molar-refractivity contribution in [2.75, 3.05) is 11.9 Å². The van der Waals surface area contributed by atoms with E-state index in [0.29, 0.717) is 17.1 Å². The maximum Gasteiger partial charge on any atom is 0.338 e. The Morgan fingerprint density at radius 1 is 0.563 bits per heavy atom. The highest BCUT2D eigenvalue weighted by molar-refractivity contribution is 6.31. The van der Waals surface area contributed by atoms with Crippen LogP contribution in [-0.4, -0.2) is 42.2 Å². The monoisotopic (exact) mass is 965 g/mol. The highest BCUT2D eigenvalue weighted by Crippen LogP contribution is 2.61. The molecule has 7 aliphatic carbocycles. The summed E-state index contributed by atoms with van der Waals surface area (Å²) in [5.74, 6) is -2.95. The number of hydrogen-bond donors (Lipinski definition) is 3. The Morgan fingerprint density at radius 2 is 1.01 bits per heavy atom. The van der Waals surface area contributed by atoms with E-state index >= 15 is 9.59 Å². The average Bonchev–Trinajstić information content (AvgIpc) is 3.39. The first-order valence-corrected chi connectivity index (χ1v) is 25.3. The molecule has 10 nitrogen and oxygen atoms in total. The third kappa shape index (κ3) is 9.50. The van der Waals surface area contributed by atoms with E-state index in [0.717, 1.165) is 70.4 Å². The summed E-state index contributed by atoms with van der Waals surface area (Å²) in [5.41, 5.74) is 6.44. The lowest BCUT2D eigenvalue weighted by Crippen LogP contribution is -2.57. The normalized spacial score (nSPS) is 24.4. The van der Waals surface area contributed by atoms with E-state index in [-0.39, 0.29) is 53.7 Å². The molecule has 71 heavy (non-hydrogen) atoms. The lowest BCUT2D eigenvalue weighted by atomic mass is 9.49. The van der Waals surface area contributed by atoms with Crippen LogP contribution >= 0.6 is 11.6 Å². The van der Waals surface area contributed by atoms with Crippen LogP contribution in [0.3, 0.4) is 0 Å². The summed E-state index contributed by atoms with van der Waals surface area (Å²) >= 11 is 6.75. The summed E-state index contributed by atoms with van der Waals surface area (Å²) in [6.07, 6.45) is 7.31. The number of nitrogens with one attached hydrogen (secondary N) is 3. The summed E-state index contributed by atoms with van der Waals surface area (Å²) in [6, 6.07) is 44.8. The molecule has 6 aromatic carbocycles. The van der Waals surface area contributed by atoms with Gasteiger partial charge in [-0.15, -0.1) is 0 Å². The molecule has 0 saturated heterocycles. The Labute approximate surface area is 418 Å². The second-order valence-corrected chi connectivity index (χ2v) is 21.1. The Morgan fingerprint density at radius 3 is 1.51 bits per heavy atom. The fraction of sp³-hybridized carbons (Fsp3) is 0.317. The molecule has 0 aliphatic heterocycles. The van der Waals surface area contributed by atoms with Gasteiger partial charge in [-0.2, -0.15) is 0 Å². The van der Waals surface area contributed by atoms with Gasteiger partial charge in [0.05, 0.1) is 23.0 Å². The number of benzene rings is 6. The zero-order valence-electron chi connectivity index (χ0n) is 39.4. The number of fused-ring (bicyclic) bond motifs is 1. The molecule has 7 aliphatic rings. The standard InChI is InChI=1S/C60H56ClN3O7/c61-49-22-12-7-17-41(49)29-50(55(65)63-44-27-42(58(68)70-33-36-13-3-1-4-14-36)26-43(28-44)59(69)71-34-37-15-5-2-6-16-37)64-57(67)54-52-47-20-10-8-18-45(47)51(46-19-9-11-21-48(46)52)53(54)56(66)62-35-60-30-38-23-39(31-60)25-40(24-38)32-60/h1-22,26-28,38-40,50-54H,23-25,29-35H2,(H,62,66)(H,63,65)(H,64,67)/t38?,39?,40?,50-,51?,52?,53+,54-,60?/m0/s1. The second-order valence-electron chi connectivity index (χ2n) is 20.7. The van der Waals surface area contributed by atoms with Crippen molar-refractivity contribution in [2.45, 2.75) is 76.0 Å². The first kappa shape index (κ1) is 46.3. The number of esters is 2. The Balaban J connectivity index is 0.909. The van der Waals surface area contributed by atoms with Gasteiger partial charge in [0.2, 0.25) is 17.7 Å². The number of ether oxygens (including phenoxy) is 2. The Bertz CT molecular complexity index is 2860. The number of rotatable bonds is 15. The molecule has 0 radical (unpaired) electrons. The third-order valence-corrected chi connectivity index (χ3v) is 16.3. The van der Waals surface area contributed by atoms with Crippen LogP contribution in [-0.2, 0) is 43.5 Å². The van der Waals surface area contributed by atoms with E-state index in [4.69, 9.17) is 21.1 Å². The average molecular weight is 967 g/mol. The topological polar surface area (TPSA) is 140 Å². The molecule has 360 valence electrons. The van der Waals surface area contributed by atoms with Crippen molar-refractivity contribution in [3.63, 3.8) is 0 Å². The summed E-state index contributed by atoms with van der Waals surface area (Å²) in [5, 5.41) is 9.94. The molecule has 0 aromatic heterocycles. The summed E-state index contributed by atoms with van der Waals surface area (Å²) < 4.78 is 11.3. The van der Waals surface area contributed by atoms with Crippen molar-refractivity contribution >= 4 is 46.9 Å². The second kappa shape index (κ2) is 19.6. The molecule has 3 atom stereocenters. The first-order valence-electron chi connectivity index (χ1n) is 25.0. The van der Waals surface area contributed by atoms with Gasteiger partial charge in [-0.1, -0.05) is 139 Å². The van der Waals surface area contributed by atoms with E-state index in [2.05, 4.69) is 40.2 Å². The number of amides is 3. The van der Waals surface area contributed by atoms with Gasteiger partial charge in [0.15, 0.2) is 0 Å². The van der Waals surface area contributed by atoms with Crippen molar-refractivity contribution in [1.29, 1.82) is 0 Å². The van der Waals surface area contributed by atoms with Crippen LogP contribution < -0.4 is 16.0 Å². The molecule has 3 amide bonds. The van der Waals surface area contributed by atoms with E-state index in [1.54, 1.807) is 18.2 Å². The van der Waals surface area contributed by atoms with Gasteiger partial charge in [-0.3, -0.25) is 14.4 Å². The number of halogens is 1. The van der Waals surface area contributed by atoms with Gasteiger partial charge in [-0.25, -0.2) is 9.59 Å². The van der Waals surface area contributed by atoms with Crippen molar-refractivity contribution in [2.24, 2.45) is 35.0 Å². The Kier molecular flexibility index (Phi) is 12.8. The summed E-state index contributed by atoms with van der Waals surface area (Å²) in [6.45, 7) is 0.559. The molecule has 0 spiro atoms. The van der Waals surface area contributed by atoms with Crippen LogP contribution in [0.25, 0.3) is 0 Å². The minimum atomic E-state index is -1.22. The highest BCUT2D eigenvalue weighted by atomic mass is 35.5. The zero-order chi connectivity index (χ0) is 48.6. The van der Waals surface area contributed by atoms with E-state index in [9.17, 15) is 14.4 Å².